The van der Waals surface area contributed by atoms with Crippen molar-refractivity contribution >= 4 is 21.6 Å². The minimum Gasteiger partial charge on any atom is -0.491 e. The van der Waals surface area contributed by atoms with Crippen LogP contribution in [-0.4, -0.2) is 38.3 Å². The summed E-state index contributed by atoms with van der Waals surface area (Å²) >= 11 is 0. The van der Waals surface area contributed by atoms with Crippen molar-refractivity contribution in [2.75, 3.05) is 25.0 Å². The maximum atomic E-state index is 13.1. The Bertz CT molecular complexity index is 1080. The Morgan fingerprint density at radius 1 is 1.12 bits per heavy atom. The number of hydrogen-bond acceptors (Lipinski definition) is 4. The van der Waals surface area contributed by atoms with Crippen LogP contribution in [0.3, 0.4) is 0 Å². The third kappa shape index (κ3) is 6.05. The van der Waals surface area contributed by atoms with Crippen molar-refractivity contribution in [3.8, 4) is 5.75 Å². The maximum Gasteiger partial charge on any atom is 0.416 e. The molecule has 6 nitrogen and oxygen atoms in total. The van der Waals surface area contributed by atoms with Crippen LogP contribution in [0, 0.1) is 5.92 Å². The zero-order valence-electron chi connectivity index (χ0n) is 18.5. The lowest BCUT2D eigenvalue weighted by atomic mass is 10.0. The van der Waals surface area contributed by atoms with Gasteiger partial charge in [-0.25, -0.2) is 8.42 Å². The normalized spacial score (nSPS) is 15.9. The molecular formula is C23H27F3N2O4S. The van der Waals surface area contributed by atoms with Crippen LogP contribution < -0.4 is 10.1 Å². The number of carbonyl (C=O) groups is 1. The number of amides is 1. The van der Waals surface area contributed by atoms with Crippen molar-refractivity contribution in [2.45, 2.75) is 44.2 Å². The highest BCUT2D eigenvalue weighted by Gasteiger charge is 2.32. The Kier molecular flexibility index (Phi) is 7.69. The molecule has 1 fully saturated rings. The van der Waals surface area contributed by atoms with E-state index in [4.69, 9.17) is 4.74 Å². The van der Waals surface area contributed by atoms with Gasteiger partial charge >= 0.3 is 6.18 Å². The lowest BCUT2D eigenvalue weighted by Crippen LogP contribution is -2.37. The van der Waals surface area contributed by atoms with Gasteiger partial charge in [-0.2, -0.15) is 17.5 Å². The molecule has 0 atom stereocenters. The zero-order valence-corrected chi connectivity index (χ0v) is 19.3. The molecule has 180 valence electrons. The van der Waals surface area contributed by atoms with Gasteiger partial charge in [-0.3, -0.25) is 4.79 Å². The third-order valence-corrected chi connectivity index (χ3v) is 7.43. The number of benzene rings is 2. The number of halogens is 3. The Morgan fingerprint density at radius 3 is 2.33 bits per heavy atom. The summed E-state index contributed by atoms with van der Waals surface area (Å²) in [6, 6.07) is 8.24. The molecule has 10 heteroatoms. The maximum absolute atomic E-state index is 13.1. The van der Waals surface area contributed by atoms with Gasteiger partial charge in [-0.05, 0) is 67.6 Å². The number of carbonyl (C=O) groups excluding carboxylic acids is 1. The van der Waals surface area contributed by atoms with Crippen LogP contribution in [-0.2, 0) is 16.2 Å². The van der Waals surface area contributed by atoms with Crippen LogP contribution in [0.4, 0.5) is 18.9 Å². The molecule has 0 radical (unpaired) electrons. The van der Waals surface area contributed by atoms with E-state index in [0.717, 1.165) is 25.0 Å². The summed E-state index contributed by atoms with van der Waals surface area (Å²) in [6.45, 7) is 5.10. The van der Waals surface area contributed by atoms with Gasteiger partial charge in [-0.15, -0.1) is 0 Å². The van der Waals surface area contributed by atoms with Crippen molar-refractivity contribution in [2.24, 2.45) is 5.92 Å². The number of nitrogens with zero attached hydrogens (tertiary/aromatic N) is 1. The molecule has 0 aromatic heterocycles. The highest BCUT2D eigenvalue weighted by molar-refractivity contribution is 7.89. The molecule has 2 aromatic rings. The van der Waals surface area contributed by atoms with Crippen LogP contribution in [0.1, 0.15) is 49.0 Å². The number of sulfonamides is 1. The fraction of sp³-hybridized carbons (Fsp3) is 0.435. The number of alkyl halides is 3. The Hall–Kier alpha value is -2.59. The number of piperidine rings is 1. The summed E-state index contributed by atoms with van der Waals surface area (Å²) in [5, 5.41) is 2.45. The van der Waals surface area contributed by atoms with Crippen LogP contribution >= 0.6 is 0 Å². The minimum absolute atomic E-state index is 0.0691. The van der Waals surface area contributed by atoms with Crippen LogP contribution in [0.25, 0.3) is 0 Å². The second-order valence-electron chi connectivity index (χ2n) is 8.12. The molecular weight excluding hydrogens is 457 g/mol. The van der Waals surface area contributed by atoms with Gasteiger partial charge in [0.1, 0.15) is 5.75 Å². The molecule has 0 aliphatic carbocycles. The van der Waals surface area contributed by atoms with E-state index in [0.29, 0.717) is 25.4 Å². The molecule has 1 amide bonds. The summed E-state index contributed by atoms with van der Waals surface area (Å²) in [4.78, 5) is 12.8. The Labute approximate surface area is 191 Å². The molecule has 1 aliphatic heterocycles. The average Bonchev–Trinajstić information content (AvgIpc) is 2.78. The molecule has 1 heterocycles. The van der Waals surface area contributed by atoms with Gasteiger partial charge in [0.2, 0.25) is 10.0 Å². The molecule has 0 saturated carbocycles. The summed E-state index contributed by atoms with van der Waals surface area (Å²) in [6.07, 6.45) is -2.36. The molecule has 0 bridgehead atoms. The van der Waals surface area contributed by atoms with Crippen molar-refractivity contribution in [1.29, 1.82) is 0 Å². The monoisotopic (exact) mass is 484 g/mol. The first-order valence-corrected chi connectivity index (χ1v) is 12.2. The van der Waals surface area contributed by atoms with Crippen LogP contribution in [0.2, 0.25) is 0 Å². The molecule has 2 aromatic carbocycles. The molecule has 3 rings (SSSR count). The van der Waals surface area contributed by atoms with E-state index < -0.39 is 27.7 Å². The lowest BCUT2D eigenvalue weighted by Gasteiger charge is -2.29. The van der Waals surface area contributed by atoms with E-state index in [-0.39, 0.29) is 28.5 Å². The summed E-state index contributed by atoms with van der Waals surface area (Å²) in [7, 11) is -3.67. The number of rotatable bonds is 7. The fourth-order valence-corrected chi connectivity index (χ4v) is 4.96. The zero-order chi connectivity index (χ0) is 24.2. The average molecular weight is 485 g/mol. The number of anilines is 1. The van der Waals surface area contributed by atoms with E-state index >= 15 is 0 Å². The quantitative estimate of drug-likeness (QED) is 0.589. The molecule has 0 spiro atoms. The predicted octanol–water partition coefficient (Wildman–Crippen LogP) is 5.17. The standard InChI is InChI=1S/C23H27F3N2O4S/c1-3-14-32-21-9-6-18(23(24,25)26)15-20(21)27-22(29)17-4-7-19(8-5-17)33(30,31)28-12-10-16(2)11-13-28/h4-9,15-16H,3,10-14H2,1-2H3,(H,27,29). The summed E-state index contributed by atoms with van der Waals surface area (Å²) < 4.78 is 72.0. The Morgan fingerprint density at radius 2 is 1.76 bits per heavy atom. The van der Waals surface area contributed by atoms with E-state index in [9.17, 15) is 26.4 Å². The van der Waals surface area contributed by atoms with Crippen molar-refractivity contribution < 1.29 is 31.1 Å². The van der Waals surface area contributed by atoms with Gasteiger partial charge in [0.15, 0.2) is 0 Å². The first-order chi connectivity index (χ1) is 15.5. The van der Waals surface area contributed by atoms with E-state index in [1.54, 1.807) is 0 Å². The van der Waals surface area contributed by atoms with Gasteiger partial charge in [0.25, 0.3) is 5.91 Å². The van der Waals surface area contributed by atoms with E-state index in [1.807, 2.05) is 6.92 Å². The second kappa shape index (κ2) is 10.1. The first kappa shape index (κ1) is 25.0. The molecule has 33 heavy (non-hydrogen) atoms. The van der Waals surface area contributed by atoms with Crippen molar-refractivity contribution in [1.82, 2.24) is 4.31 Å². The van der Waals surface area contributed by atoms with Gasteiger partial charge in [0, 0.05) is 18.7 Å². The molecule has 1 saturated heterocycles. The molecule has 0 unspecified atom stereocenters. The van der Waals surface area contributed by atoms with Crippen LogP contribution in [0.15, 0.2) is 47.4 Å². The van der Waals surface area contributed by atoms with Crippen LogP contribution in [0.5, 0.6) is 5.75 Å². The smallest absolute Gasteiger partial charge is 0.416 e. The van der Waals surface area contributed by atoms with Gasteiger partial charge < -0.3 is 10.1 Å². The first-order valence-electron chi connectivity index (χ1n) is 10.8. The van der Waals surface area contributed by atoms with E-state index in [1.165, 1.54) is 34.6 Å². The highest BCUT2D eigenvalue weighted by Crippen LogP contribution is 2.35. The topological polar surface area (TPSA) is 75.7 Å². The number of nitrogens with one attached hydrogen (secondary N) is 1. The third-order valence-electron chi connectivity index (χ3n) is 5.51. The van der Waals surface area contributed by atoms with E-state index in [2.05, 4.69) is 12.2 Å². The second-order valence-corrected chi connectivity index (χ2v) is 10.1. The predicted molar refractivity (Wildman–Crippen MR) is 119 cm³/mol. The van der Waals surface area contributed by atoms with Gasteiger partial charge in [-0.1, -0.05) is 13.8 Å². The fourth-order valence-electron chi connectivity index (χ4n) is 3.49. The number of hydrogen-bond donors (Lipinski definition) is 1. The van der Waals surface area contributed by atoms with Crippen molar-refractivity contribution in [3.05, 3.63) is 53.6 Å². The molecule has 1 aliphatic rings. The molecule has 1 N–H and O–H groups in total. The number of ether oxygens (including phenoxy) is 1. The minimum atomic E-state index is -4.58. The van der Waals surface area contributed by atoms with Gasteiger partial charge in [0.05, 0.1) is 22.8 Å². The summed E-state index contributed by atoms with van der Waals surface area (Å²) in [5.41, 5.74) is -0.915. The lowest BCUT2D eigenvalue weighted by molar-refractivity contribution is -0.137. The summed E-state index contributed by atoms with van der Waals surface area (Å²) in [5.74, 6) is -0.0762. The largest absolute Gasteiger partial charge is 0.491 e. The SMILES string of the molecule is CCCOc1ccc(C(F)(F)F)cc1NC(=O)c1ccc(S(=O)(=O)N2CCC(C)CC2)cc1. The van der Waals surface area contributed by atoms with Crippen molar-refractivity contribution in [3.63, 3.8) is 0 Å². The Balaban J connectivity index is 1.79. The highest BCUT2D eigenvalue weighted by atomic mass is 32.2.